The molecule has 8 heteroatoms. The molecule has 0 aliphatic carbocycles. The number of nitrogens with one attached hydrogen (secondary N) is 2. The number of benzene rings is 1. The summed E-state index contributed by atoms with van der Waals surface area (Å²) in [5.74, 6) is -1.76. The zero-order valence-electron chi connectivity index (χ0n) is 11.8. The van der Waals surface area contributed by atoms with E-state index in [1.54, 1.807) is 6.92 Å². The molecule has 0 saturated carbocycles. The molecule has 3 N–H and O–H groups in total. The van der Waals surface area contributed by atoms with E-state index in [9.17, 15) is 18.0 Å². The smallest absolute Gasteiger partial charge is 0.306 e. The van der Waals surface area contributed by atoms with Crippen LogP contribution in [0.3, 0.4) is 0 Å². The van der Waals surface area contributed by atoms with Crippen molar-refractivity contribution in [3.8, 4) is 0 Å². The molecular weight excluding hydrogens is 296 g/mol. The summed E-state index contributed by atoms with van der Waals surface area (Å²) in [6.07, 6.45) is 1.38. The molecule has 1 aromatic carbocycles. The van der Waals surface area contributed by atoms with Crippen LogP contribution >= 0.6 is 0 Å². The first-order valence-electron chi connectivity index (χ1n) is 6.28. The fraction of sp³-hybridized carbons (Fsp3) is 0.385. The summed E-state index contributed by atoms with van der Waals surface area (Å²) >= 11 is 0. The lowest BCUT2D eigenvalue weighted by atomic mass is 10.1. The molecule has 1 amide bonds. The summed E-state index contributed by atoms with van der Waals surface area (Å²) in [6, 6.07) is 5.94. The summed E-state index contributed by atoms with van der Waals surface area (Å²) < 4.78 is 24.4. The summed E-state index contributed by atoms with van der Waals surface area (Å²) in [5.41, 5.74) is 0.741. The Bertz CT molecular complexity index is 610. The molecular formula is C13H18N2O5S. The van der Waals surface area contributed by atoms with Crippen LogP contribution in [-0.4, -0.2) is 38.2 Å². The first-order valence-corrected chi connectivity index (χ1v) is 8.17. The van der Waals surface area contributed by atoms with E-state index in [-0.39, 0.29) is 12.5 Å². The minimum absolute atomic E-state index is 0.260. The molecule has 116 valence electrons. The molecule has 1 unspecified atom stereocenters. The van der Waals surface area contributed by atoms with Gasteiger partial charge in [-0.1, -0.05) is 6.92 Å². The lowest BCUT2D eigenvalue weighted by Gasteiger charge is -2.08. The van der Waals surface area contributed by atoms with Crippen molar-refractivity contribution in [3.63, 3.8) is 0 Å². The van der Waals surface area contributed by atoms with Gasteiger partial charge in [-0.15, -0.1) is 0 Å². The molecule has 0 aliphatic rings. The Morgan fingerprint density at radius 3 is 2.29 bits per heavy atom. The fourth-order valence-electron chi connectivity index (χ4n) is 1.53. The maximum atomic E-state index is 11.8. The van der Waals surface area contributed by atoms with E-state index in [2.05, 4.69) is 10.0 Å². The summed E-state index contributed by atoms with van der Waals surface area (Å²) in [4.78, 5) is 22.4. The van der Waals surface area contributed by atoms with Crippen LogP contribution in [0.2, 0.25) is 0 Å². The van der Waals surface area contributed by atoms with Crippen LogP contribution in [0, 0.1) is 5.92 Å². The van der Waals surface area contributed by atoms with Crippen molar-refractivity contribution < 1.29 is 23.1 Å². The van der Waals surface area contributed by atoms with Gasteiger partial charge in [0.05, 0.1) is 12.2 Å². The van der Waals surface area contributed by atoms with Gasteiger partial charge in [0.1, 0.15) is 0 Å². The zero-order valence-corrected chi connectivity index (χ0v) is 12.6. The molecule has 1 aromatic rings. The molecule has 0 fully saturated rings. The SMILES string of the molecule is CC(CCNC(=O)c1ccc(NS(C)(=O)=O)cc1)C(=O)O. The van der Waals surface area contributed by atoms with Gasteiger partial charge in [0.2, 0.25) is 10.0 Å². The minimum atomic E-state index is -3.35. The molecule has 21 heavy (non-hydrogen) atoms. The van der Waals surface area contributed by atoms with Crippen molar-refractivity contribution in [1.29, 1.82) is 0 Å². The van der Waals surface area contributed by atoms with Crippen molar-refractivity contribution in [2.75, 3.05) is 17.5 Å². The van der Waals surface area contributed by atoms with E-state index in [4.69, 9.17) is 5.11 Å². The topological polar surface area (TPSA) is 113 Å². The molecule has 0 saturated heterocycles. The number of carboxylic acids is 1. The van der Waals surface area contributed by atoms with Gasteiger partial charge in [0.15, 0.2) is 0 Å². The standard InChI is InChI=1S/C13H18N2O5S/c1-9(13(17)18)7-8-14-12(16)10-3-5-11(6-4-10)15-21(2,19)20/h3-6,9,15H,7-8H2,1-2H3,(H,14,16)(H,17,18). The van der Waals surface area contributed by atoms with Crippen LogP contribution in [-0.2, 0) is 14.8 Å². The van der Waals surface area contributed by atoms with E-state index in [1.807, 2.05) is 0 Å². The number of sulfonamides is 1. The highest BCUT2D eigenvalue weighted by molar-refractivity contribution is 7.92. The number of carbonyl (C=O) groups excluding carboxylic acids is 1. The Hall–Kier alpha value is -2.09. The van der Waals surface area contributed by atoms with Crippen LogP contribution in [0.5, 0.6) is 0 Å². The van der Waals surface area contributed by atoms with Gasteiger partial charge in [0, 0.05) is 17.8 Å². The van der Waals surface area contributed by atoms with Crippen molar-refractivity contribution >= 4 is 27.6 Å². The van der Waals surface area contributed by atoms with Gasteiger partial charge >= 0.3 is 5.97 Å². The number of carbonyl (C=O) groups is 2. The van der Waals surface area contributed by atoms with Crippen molar-refractivity contribution in [2.24, 2.45) is 5.92 Å². The first-order chi connectivity index (χ1) is 9.69. The molecule has 7 nitrogen and oxygen atoms in total. The lowest BCUT2D eigenvalue weighted by molar-refractivity contribution is -0.141. The van der Waals surface area contributed by atoms with Gasteiger partial charge in [0.25, 0.3) is 5.91 Å². The Kier molecular flexibility index (Phi) is 5.71. The second-order valence-corrected chi connectivity index (χ2v) is 6.48. The molecule has 0 bridgehead atoms. The third kappa shape index (κ3) is 6.26. The van der Waals surface area contributed by atoms with Gasteiger partial charge in [-0.3, -0.25) is 14.3 Å². The minimum Gasteiger partial charge on any atom is -0.481 e. The summed E-state index contributed by atoms with van der Waals surface area (Å²) in [7, 11) is -3.35. The third-order valence-corrected chi connectivity index (χ3v) is 3.34. The largest absolute Gasteiger partial charge is 0.481 e. The molecule has 1 rings (SSSR count). The summed E-state index contributed by atoms with van der Waals surface area (Å²) in [5, 5.41) is 11.3. The van der Waals surface area contributed by atoms with Crippen LogP contribution in [0.4, 0.5) is 5.69 Å². The van der Waals surface area contributed by atoms with E-state index in [0.29, 0.717) is 17.7 Å². The van der Waals surface area contributed by atoms with Gasteiger partial charge in [-0.05, 0) is 30.7 Å². The zero-order chi connectivity index (χ0) is 16.0. The van der Waals surface area contributed by atoms with Crippen molar-refractivity contribution in [2.45, 2.75) is 13.3 Å². The Morgan fingerprint density at radius 1 is 1.24 bits per heavy atom. The normalized spacial score (nSPS) is 12.5. The van der Waals surface area contributed by atoms with Crippen LogP contribution in [0.25, 0.3) is 0 Å². The molecule has 0 spiro atoms. The number of amides is 1. The molecule has 0 aromatic heterocycles. The average Bonchev–Trinajstić information content (AvgIpc) is 2.37. The Morgan fingerprint density at radius 2 is 1.81 bits per heavy atom. The highest BCUT2D eigenvalue weighted by Gasteiger charge is 2.11. The number of carboxylic acid groups (broad SMARTS) is 1. The van der Waals surface area contributed by atoms with Gasteiger partial charge in [-0.25, -0.2) is 8.42 Å². The monoisotopic (exact) mass is 314 g/mol. The Balaban J connectivity index is 2.54. The predicted octanol–water partition coefficient (Wildman–Crippen LogP) is 0.899. The second kappa shape index (κ2) is 7.07. The average molecular weight is 314 g/mol. The number of hydrogen-bond donors (Lipinski definition) is 3. The predicted molar refractivity (Wildman–Crippen MR) is 78.7 cm³/mol. The Labute approximate surface area is 123 Å². The summed E-state index contributed by atoms with van der Waals surface area (Å²) in [6.45, 7) is 1.83. The molecule has 1 atom stereocenters. The molecule has 0 aliphatic heterocycles. The number of anilines is 1. The fourth-order valence-corrected chi connectivity index (χ4v) is 2.10. The molecule has 0 heterocycles. The van der Waals surface area contributed by atoms with E-state index < -0.39 is 21.9 Å². The van der Waals surface area contributed by atoms with Crippen LogP contribution in [0.1, 0.15) is 23.7 Å². The number of rotatable bonds is 7. The number of hydrogen-bond acceptors (Lipinski definition) is 4. The number of aliphatic carboxylic acids is 1. The highest BCUT2D eigenvalue weighted by Crippen LogP contribution is 2.11. The maximum absolute atomic E-state index is 11.8. The van der Waals surface area contributed by atoms with E-state index in [1.165, 1.54) is 24.3 Å². The maximum Gasteiger partial charge on any atom is 0.306 e. The van der Waals surface area contributed by atoms with Crippen molar-refractivity contribution in [1.82, 2.24) is 5.32 Å². The van der Waals surface area contributed by atoms with Crippen LogP contribution in [0.15, 0.2) is 24.3 Å². The van der Waals surface area contributed by atoms with E-state index >= 15 is 0 Å². The van der Waals surface area contributed by atoms with Crippen molar-refractivity contribution in [3.05, 3.63) is 29.8 Å². The van der Waals surface area contributed by atoms with E-state index in [0.717, 1.165) is 6.26 Å². The van der Waals surface area contributed by atoms with Gasteiger partial charge in [-0.2, -0.15) is 0 Å². The molecule has 0 radical (unpaired) electrons. The quantitative estimate of drug-likeness (QED) is 0.692. The van der Waals surface area contributed by atoms with Crippen LogP contribution < -0.4 is 10.0 Å². The first kappa shape index (κ1) is 17.0. The second-order valence-electron chi connectivity index (χ2n) is 4.74. The third-order valence-electron chi connectivity index (χ3n) is 2.73. The van der Waals surface area contributed by atoms with Gasteiger partial charge < -0.3 is 10.4 Å². The lowest BCUT2D eigenvalue weighted by Crippen LogP contribution is -2.27. The highest BCUT2D eigenvalue weighted by atomic mass is 32.2.